The maximum absolute atomic E-state index is 6.69. The van der Waals surface area contributed by atoms with Crippen LogP contribution in [0.15, 0.2) is 156 Å². The summed E-state index contributed by atoms with van der Waals surface area (Å²) in [6, 6.07) is 46.2. The van der Waals surface area contributed by atoms with Crippen LogP contribution < -0.4 is 0 Å². The van der Waals surface area contributed by atoms with Gasteiger partial charge in [0.05, 0.1) is 28.3 Å². The highest BCUT2D eigenvalue weighted by molar-refractivity contribution is 6.21. The number of nitrogens with zero attached hydrogens (tertiary/aromatic N) is 4. The second-order valence-corrected chi connectivity index (χ2v) is 13.5. The fourth-order valence-electron chi connectivity index (χ4n) is 7.58. The van der Waals surface area contributed by atoms with Gasteiger partial charge in [0.1, 0.15) is 11.3 Å². The quantitative estimate of drug-likeness (QED) is 0.183. The van der Waals surface area contributed by atoms with Crippen molar-refractivity contribution in [2.45, 2.75) is 13.3 Å². The van der Waals surface area contributed by atoms with E-state index in [4.69, 9.17) is 14.4 Å². The highest BCUT2D eigenvalue weighted by Crippen LogP contribution is 2.43. The summed E-state index contributed by atoms with van der Waals surface area (Å²) < 4.78 is 6.69. The van der Waals surface area contributed by atoms with Crippen LogP contribution in [-0.2, 0) is 6.42 Å². The molecule has 4 aromatic carbocycles. The molecule has 5 heteroatoms. The van der Waals surface area contributed by atoms with Gasteiger partial charge in [0.25, 0.3) is 0 Å². The van der Waals surface area contributed by atoms with Crippen LogP contribution in [0.25, 0.3) is 95.2 Å². The van der Waals surface area contributed by atoms with Crippen LogP contribution in [-0.4, -0.2) is 19.9 Å². The van der Waals surface area contributed by atoms with E-state index in [0.717, 1.165) is 95.5 Å². The smallest absolute Gasteiger partial charge is 0.162 e. The van der Waals surface area contributed by atoms with E-state index in [1.54, 1.807) is 12.4 Å². The summed E-state index contributed by atoms with van der Waals surface area (Å²) in [5.74, 6) is 0.467. The van der Waals surface area contributed by atoms with Crippen molar-refractivity contribution in [1.82, 2.24) is 19.9 Å². The Labute approximate surface area is 301 Å². The third-order valence-corrected chi connectivity index (χ3v) is 10.1. The second-order valence-electron chi connectivity index (χ2n) is 13.5. The Balaban J connectivity index is 1.14. The molecule has 1 aliphatic rings. The van der Waals surface area contributed by atoms with Gasteiger partial charge < -0.3 is 4.42 Å². The van der Waals surface area contributed by atoms with Gasteiger partial charge in [-0.15, -0.1) is 0 Å². The van der Waals surface area contributed by atoms with Crippen molar-refractivity contribution in [2.75, 3.05) is 0 Å². The minimum atomic E-state index is 0.467. The molecule has 1 aliphatic carbocycles. The van der Waals surface area contributed by atoms with E-state index in [0.29, 0.717) is 5.92 Å². The molecule has 0 bridgehead atoms. The topological polar surface area (TPSA) is 64.7 Å². The van der Waals surface area contributed by atoms with Crippen LogP contribution in [0.3, 0.4) is 0 Å². The van der Waals surface area contributed by atoms with Crippen LogP contribution >= 0.6 is 0 Å². The van der Waals surface area contributed by atoms with Gasteiger partial charge in [0.2, 0.25) is 0 Å². The lowest BCUT2D eigenvalue weighted by Crippen LogP contribution is -2.05. The standard InChI is InChI=1S/C47H32N4O/c1-29-18-19-30-10-9-14-35(37(30)24-29)46-47-45(36-13-2-3-17-44(36)52-47)38-26-33(20-21-39(38)51-46)31-11-8-12-32(25-31)34-27-42(40-15-4-6-22-48-40)50-43(28-34)41-16-5-7-23-49-41/h2-23,25-29H,24H2,1H3. The lowest BCUT2D eigenvalue weighted by molar-refractivity contribution is 0.668. The summed E-state index contributed by atoms with van der Waals surface area (Å²) in [4.78, 5) is 19.5. The highest BCUT2D eigenvalue weighted by atomic mass is 16.3. The number of rotatable bonds is 5. The van der Waals surface area contributed by atoms with Crippen LogP contribution in [0.5, 0.6) is 0 Å². The molecule has 1 unspecified atom stereocenters. The number of furan rings is 1. The molecule has 0 saturated heterocycles. The van der Waals surface area contributed by atoms with Crippen LogP contribution in [0, 0.1) is 5.92 Å². The Morgan fingerprint density at radius 2 is 1.29 bits per heavy atom. The first kappa shape index (κ1) is 30.1. The maximum Gasteiger partial charge on any atom is 0.162 e. The largest absolute Gasteiger partial charge is 0.454 e. The Hall–Kier alpha value is -6.72. The number of benzene rings is 4. The zero-order chi connectivity index (χ0) is 34.6. The Bertz CT molecular complexity index is 2780. The number of fused-ring (bicyclic) bond motifs is 6. The predicted octanol–water partition coefficient (Wildman–Crippen LogP) is 11.9. The van der Waals surface area contributed by atoms with Gasteiger partial charge in [-0.25, -0.2) is 9.97 Å². The van der Waals surface area contributed by atoms with Crippen molar-refractivity contribution in [2.24, 2.45) is 5.92 Å². The molecule has 0 amide bonds. The van der Waals surface area contributed by atoms with Crippen LogP contribution in [0.1, 0.15) is 18.1 Å². The molecule has 9 aromatic rings. The number of hydrogen-bond donors (Lipinski definition) is 0. The van der Waals surface area contributed by atoms with E-state index >= 15 is 0 Å². The van der Waals surface area contributed by atoms with E-state index in [-0.39, 0.29) is 0 Å². The molecule has 0 N–H and O–H groups in total. The third-order valence-electron chi connectivity index (χ3n) is 10.1. The SMILES string of the molecule is CC1C=Cc2cccc(-c3nc4ccc(-c5cccc(-c6cc(-c7ccccn7)nc(-c7ccccn7)c6)c5)cc4c4c3oc3ccccc34)c2C1. The van der Waals surface area contributed by atoms with E-state index in [9.17, 15) is 0 Å². The highest BCUT2D eigenvalue weighted by Gasteiger charge is 2.22. The summed E-state index contributed by atoms with van der Waals surface area (Å²) in [6.07, 6.45) is 9.11. The normalized spacial score (nSPS) is 13.9. The molecule has 52 heavy (non-hydrogen) atoms. The molecule has 5 heterocycles. The Morgan fingerprint density at radius 1 is 0.577 bits per heavy atom. The first-order valence-corrected chi connectivity index (χ1v) is 17.7. The molecule has 0 saturated carbocycles. The van der Waals surface area contributed by atoms with E-state index < -0.39 is 0 Å². The van der Waals surface area contributed by atoms with Crippen molar-refractivity contribution in [3.05, 3.63) is 163 Å². The summed E-state index contributed by atoms with van der Waals surface area (Å²) in [7, 11) is 0. The summed E-state index contributed by atoms with van der Waals surface area (Å²) >= 11 is 0. The minimum Gasteiger partial charge on any atom is -0.454 e. The molecule has 246 valence electrons. The molecule has 1 atom stereocenters. The number of para-hydroxylation sites is 1. The number of aromatic nitrogens is 4. The Morgan fingerprint density at radius 3 is 2.06 bits per heavy atom. The number of pyridine rings is 4. The number of hydrogen-bond acceptors (Lipinski definition) is 5. The summed E-state index contributed by atoms with van der Waals surface area (Å²) in [5, 5.41) is 3.26. The molecule has 0 spiro atoms. The van der Waals surface area contributed by atoms with Crippen molar-refractivity contribution in [3.63, 3.8) is 0 Å². The van der Waals surface area contributed by atoms with Gasteiger partial charge in [-0.2, -0.15) is 0 Å². The fourth-order valence-corrected chi connectivity index (χ4v) is 7.58. The zero-order valence-electron chi connectivity index (χ0n) is 28.5. The molecular weight excluding hydrogens is 637 g/mol. The van der Waals surface area contributed by atoms with Gasteiger partial charge in [-0.3, -0.25) is 9.97 Å². The van der Waals surface area contributed by atoms with Gasteiger partial charge in [0, 0.05) is 34.1 Å². The molecule has 0 aliphatic heterocycles. The summed E-state index contributed by atoms with van der Waals surface area (Å²) in [5.41, 5.74) is 14.8. The molecule has 5 nitrogen and oxygen atoms in total. The monoisotopic (exact) mass is 668 g/mol. The average molecular weight is 669 g/mol. The lowest BCUT2D eigenvalue weighted by atomic mass is 9.86. The van der Waals surface area contributed by atoms with Crippen LogP contribution in [0.2, 0.25) is 0 Å². The van der Waals surface area contributed by atoms with Gasteiger partial charge >= 0.3 is 0 Å². The first-order chi connectivity index (χ1) is 25.7. The minimum absolute atomic E-state index is 0.467. The fraction of sp³-hybridized carbons (Fsp3) is 0.0638. The van der Waals surface area contributed by atoms with Gasteiger partial charge in [-0.05, 0) is 106 Å². The Kier molecular flexibility index (Phi) is 7.10. The molecule has 0 radical (unpaired) electrons. The van der Waals surface area contributed by atoms with Gasteiger partial charge in [-0.1, -0.05) is 91.9 Å². The molecule has 0 fully saturated rings. The van der Waals surface area contributed by atoms with Crippen molar-refractivity contribution in [3.8, 4) is 56.3 Å². The second kappa shape index (κ2) is 12.3. The summed E-state index contributed by atoms with van der Waals surface area (Å²) in [6.45, 7) is 2.27. The van der Waals surface area contributed by atoms with Crippen LogP contribution in [0.4, 0.5) is 0 Å². The zero-order valence-corrected chi connectivity index (χ0v) is 28.5. The van der Waals surface area contributed by atoms with Crippen molar-refractivity contribution in [1.29, 1.82) is 0 Å². The van der Waals surface area contributed by atoms with Gasteiger partial charge in [0.15, 0.2) is 5.58 Å². The average Bonchev–Trinajstić information content (AvgIpc) is 3.61. The molecule has 5 aromatic heterocycles. The van der Waals surface area contributed by atoms with Crippen molar-refractivity contribution >= 4 is 38.9 Å². The van der Waals surface area contributed by atoms with E-state index in [2.05, 4.69) is 120 Å². The van der Waals surface area contributed by atoms with E-state index in [1.807, 2.05) is 42.5 Å². The third kappa shape index (κ3) is 5.17. The number of allylic oxidation sites excluding steroid dienone is 1. The molecular formula is C47H32N4O. The first-order valence-electron chi connectivity index (χ1n) is 17.7. The molecule has 10 rings (SSSR count). The lowest BCUT2D eigenvalue weighted by Gasteiger charge is -2.19. The maximum atomic E-state index is 6.69. The predicted molar refractivity (Wildman–Crippen MR) is 211 cm³/mol. The van der Waals surface area contributed by atoms with E-state index in [1.165, 1.54) is 11.1 Å². The van der Waals surface area contributed by atoms with Crippen molar-refractivity contribution < 1.29 is 4.42 Å².